The third-order valence-electron chi connectivity index (χ3n) is 1.78. The smallest absolute Gasteiger partial charge is 0.233 e. The molecule has 0 aliphatic carbocycles. The number of carbonyl (C=O) groups is 1. The van der Waals surface area contributed by atoms with E-state index in [1.165, 1.54) is 0 Å². The maximum absolute atomic E-state index is 11.1. The van der Waals surface area contributed by atoms with Crippen LogP contribution in [0.5, 0.6) is 0 Å². The highest BCUT2D eigenvalue weighted by Gasteiger charge is 2.24. The lowest BCUT2D eigenvalue weighted by Gasteiger charge is -2.20. The Morgan fingerprint density at radius 1 is 1.80 bits per heavy atom. The minimum Gasteiger partial charge on any atom is -0.284 e. The molecule has 1 amide bonds. The van der Waals surface area contributed by atoms with Crippen molar-refractivity contribution < 1.29 is 4.79 Å². The van der Waals surface area contributed by atoms with Crippen molar-refractivity contribution >= 4 is 17.9 Å². The molecule has 1 atom stereocenters. The summed E-state index contributed by atoms with van der Waals surface area (Å²) >= 11 is 1.67. The van der Waals surface area contributed by atoms with Crippen molar-refractivity contribution in [1.29, 1.82) is 0 Å². The third-order valence-corrected chi connectivity index (χ3v) is 3.01. The van der Waals surface area contributed by atoms with Gasteiger partial charge in [0.2, 0.25) is 5.91 Å². The molecule has 0 aromatic heterocycles. The summed E-state index contributed by atoms with van der Waals surface area (Å²) < 4.78 is 1.90. The van der Waals surface area contributed by atoms with E-state index < -0.39 is 0 Å². The van der Waals surface area contributed by atoms with E-state index in [2.05, 4.69) is 13.8 Å². The quantitative estimate of drug-likeness (QED) is 0.571. The summed E-state index contributed by atoms with van der Waals surface area (Å²) in [5, 5.41) is 0. The molecule has 10 heavy (non-hydrogen) atoms. The molecule has 1 aliphatic heterocycles. The molecule has 0 saturated carbocycles. The summed E-state index contributed by atoms with van der Waals surface area (Å²) in [4.78, 5) is 11.1. The first-order chi connectivity index (χ1) is 4.75. The van der Waals surface area contributed by atoms with E-state index in [-0.39, 0.29) is 0 Å². The van der Waals surface area contributed by atoms with E-state index in [9.17, 15) is 4.79 Å². The maximum Gasteiger partial charge on any atom is 0.233 e. The normalized spacial score (nSPS) is 21.8. The van der Waals surface area contributed by atoms with E-state index in [0.717, 1.165) is 18.6 Å². The number of hydrogen-bond donors (Lipinski definition) is 0. The molecule has 0 N–H and O–H groups in total. The summed E-state index contributed by atoms with van der Waals surface area (Å²) in [6.45, 7) is 4.20. The standard InChI is InChI=1S/C7H13NOS/c1-3-6(2)8-7(9)4-5-10-8/h6H,3-5H2,1-2H3. The molecule has 0 aromatic rings. The molecule has 2 nitrogen and oxygen atoms in total. The Morgan fingerprint density at radius 3 is 2.90 bits per heavy atom. The number of rotatable bonds is 2. The van der Waals surface area contributed by atoms with Crippen molar-refractivity contribution in [1.82, 2.24) is 4.31 Å². The zero-order valence-electron chi connectivity index (χ0n) is 6.46. The van der Waals surface area contributed by atoms with Crippen LogP contribution >= 0.6 is 11.9 Å². The molecule has 1 heterocycles. The van der Waals surface area contributed by atoms with Crippen LogP contribution in [0.2, 0.25) is 0 Å². The predicted molar refractivity (Wildman–Crippen MR) is 43.7 cm³/mol. The number of hydrogen-bond acceptors (Lipinski definition) is 2. The second-order valence-corrected chi connectivity index (χ2v) is 3.62. The first-order valence-electron chi connectivity index (χ1n) is 3.70. The van der Waals surface area contributed by atoms with Gasteiger partial charge in [-0.25, -0.2) is 0 Å². The van der Waals surface area contributed by atoms with E-state index in [1.807, 2.05) is 4.31 Å². The average Bonchev–Trinajstić information content (AvgIpc) is 2.34. The minimum atomic E-state index is 0.305. The van der Waals surface area contributed by atoms with Gasteiger partial charge in [-0.3, -0.25) is 9.10 Å². The Labute approximate surface area is 66.1 Å². The van der Waals surface area contributed by atoms with Crippen molar-refractivity contribution in [2.24, 2.45) is 0 Å². The van der Waals surface area contributed by atoms with Gasteiger partial charge in [0.15, 0.2) is 0 Å². The van der Waals surface area contributed by atoms with Crippen LogP contribution in [0.15, 0.2) is 0 Å². The van der Waals surface area contributed by atoms with Gasteiger partial charge in [0.25, 0.3) is 0 Å². The Morgan fingerprint density at radius 2 is 2.50 bits per heavy atom. The molecule has 1 rings (SSSR count). The van der Waals surface area contributed by atoms with E-state index in [4.69, 9.17) is 0 Å². The Bertz CT molecular complexity index is 138. The summed E-state index contributed by atoms with van der Waals surface area (Å²) in [7, 11) is 0. The van der Waals surface area contributed by atoms with Gasteiger partial charge < -0.3 is 0 Å². The highest BCUT2D eigenvalue weighted by Crippen LogP contribution is 2.25. The highest BCUT2D eigenvalue weighted by atomic mass is 32.2. The molecule has 0 radical (unpaired) electrons. The van der Waals surface area contributed by atoms with Crippen molar-refractivity contribution in [2.45, 2.75) is 32.7 Å². The molecule has 3 heteroatoms. The highest BCUT2D eigenvalue weighted by molar-refractivity contribution is 7.98. The molecule has 1 saturated heterocycles. The van der Waals surface area contributed by atoms with Gasteiger partial charge in [0, 0.05) is 18.2 Å². The Balaban J connectivity index is 2.46. The van der Waals surface area contributed by atoms with Crippen LogP contribution in [0.4, 0.5) is 0 Å². The zero-order valence-corrected chi connectivity index (χ0v) is 7.28. The van der Waals surface area contributed by atoms with Crippen LogP contribution in [-0.4, -0.2) is 22.0 Å². The fourth-order valence-electron chi connectivity index (χ4n) is 0.952. The average molecular weight is 159 g/mol. The minimum absolute atomic E-state index is 0.305. The summed E-state index contributed by atoms with van der Waals surface area (Å²) in [6.07, 6.45) is 1.79. The van der Waals surface area contributed by atoms with Crippen molar-refractivity contribution in [3.8, 4) is 0 Å². The van der Waals surface area contributed by atoms with Crippen molar-refractivity contribution in [3.63, 3.8) is 0 Å². The van der Waals surface area contributed by atoms with Gasteiger partial charge in [-0.1, -0.05) is 6.92 Å². The molecule has 58 valence electrons. The lowest BCUT2D eigenvalue weighted by atomic mass is 10.2. The van der Waals surface area contributed by atoms with Gasteiger partial charge in [0.05, 0.1) is 0 Å². The zero-order chi connectivity index (χ0) is 7.56. The molecule has 1 unspecified atom stereocenters. The molecule has 0 bridgehead atoms. The summed E-state index contributed by atoms with van der Waals surface area (Å²) in [5.41, 5.74) is 0. The van der Waals surface area contributed by atoms with Gasteiger partial charge in [-0.05, 0) is 25.3 Å². The van der Waals surface area contributed by atoms with Gasteiger partial charge in [-0.15, -0.1) is 0 Å². The molecule has 0 aromatic carbocycles. The van der Waals surface area contributed by atoms with Crippen molar-refractivity contribution in [3.05, 3.63) is 0 Å². The number of nitrogens with zero attached hydrogens (tertiary/aromatic N) is 1. The number of carbonyl (C=O) groups excluding carboxylic acids is 1. The van der Waals surface area contributed by atoms with Crippen LogP contribution in [0.1, 0.15) is 26.7 Å². The second-order valence-electron chi connectivity index (χ2n) is 2.56. The predicted octanol–water partition coefficient (Wildman–Crippen LogP) is 1.67. The van der Waals surface area contributed by atoms with E-state index in [0.29, 0.717) is 11.9 Å². The lowest BCUT2D eigenvalue weighted by Crippen LogP contribution is -2.27. The van der Waals surface area contributed by atoms with Crippen LogP contribution < -0.4 is 0 Å². The first kappa shape index (κ1) is 7.92. The Hall–Kier alpha value is -0.180. The van der Waals surface area contributed by atoms with E-state index >= 15 is 0 Å². The largest absolute Gasteiger partial charge is 0.284 e. The monoisotopic (exact) mass is 159 g/mol. The SMILES string of the molecule is CCC(C)N1SCCC1=O. The second kappa shape index (κ2) is 3.28. The van der Waals surface area contributed by atoms with Gasteiger partial charge in [0.1, 0.15) is 0 Å². The molecular weight excluding hydrogens is 146 g/mol. The summed E-state index contributed by atoms with van der Waals surface area (Å²) in [5.74, 6) is 1.28. The van der Waals surface area contributed by atoms with Crippen LogP contribution in [0.25, 0.3) is 0 Å². The topological polar surface area (TPSA) is 20.3 Å². The molecular formula is C7H13NOS. The Kier molecular flexibility index (Phi) is 2.60. The fourth-order valence-corrected chi connectivity index (χ4v) is 2.05. The van der Waals surface area contributed by atoms with Crippen LogP contribution in [0, 0.1) is 0 Å². The number of amides is 1. The first-order valence-corrected chi connectivity index (χ1v) is 4.65. The lowest BCUT2D eigenvalue weighted by molar-refractivity contribution is -0.126. The van der Waals surface area contributed by atoms with Crippen LogP contribution in [-0.2, 0) is 4.79 Å². The molecule has 1 fully saturated rings. The van der Waals surface area contributed by atoms with Gasteiger partial charge >= 0.3 is 0 Å². The maximum atomic E-state index is 11.1. The van der Waals surface area contributed by atoms with Crippen LogP contribution in [0.3, 0.4) is 0 Å². The summed E-state index contributed by atoms with van der Waals surface area (Å²) in [6, 6.07) is 0.417. The molecule has 0 spiro atoms. The van der Waals surface area contributed by atoms with Gasteiger partial charge in [-0.2, -0.15) is 0 Å². The van der Waals surface area contributed by atoms with E-state index in [1.54, 1.807) is 11.9 Å². The van der Waals surface area contributed by atoms with Crippen molar-refractivity contribution in [2.75, 3.05) is 5.75 Å². The fraction of sp³-hybridized carbons (Fsp3) is 0.857. The third kappa shape index (κ3) is 1.45. The molecule has 1 aliphatic rings.